The maximum absolute atomic E-state index is 12.6. The molecule has 1 atom stereocenters. The highest BCUT2D eigenvalue weighted by molar-refractivity contribution is 5.19. The van der Waals surface area contributed by atoms with Crippen LogP contribution in [0.15, 0.2) is 24.3 Å². The normalized spacial score (nSPS) is 13.0. The molecule has 60 valence electrons. The second-order valence-electron chi connectivity index (χ2n) is 2.44. The first-order valence-electron chi connectivity index (χ1n) is 3.45. The Morgan fingerprint density at radius 3 is 2.82 bits per heavy atom. The molecule has 1 aromatic carbocycles. The highest BCUT2D eigenvalue weighted by Gasteiger charge is 2.01. The Hall–Kier alpha value is -0.930. The van der Waals surface area contributed by atoms with Crippen molar-refractivity contribution < 1.29 is 4.39 Å². The largest absolute Gasteiger partial charge is 0.271 e. The summed E-state index contributed by atoms with van der Waals surface area (Å²) in [4.78, 5) is 0. The number of hydrazine groups is 1. The zero-order chi connectivity index (χ0) is 8.27. The van der Waals surface area contributed by atoms with Gasteiger partial charge < -0.3 is 0 Å². The van der Waals surface area contributed by atoms with Crippen LogP contribution < -0.4 is 11.3 Å². The van der Waals surface area contributed by atoms with Gasteiger partial charge in [-0.2, -0.15) is 0 Å². The van der Waals surface area contributed by atoms with Gasteiger partial charge in [-0.1, -0.05) is 12.1 Å². The molecule has 1 unspecified atom stereocenters. The van der Waals surface area contributed by atoms with Gasteiger partial charge in [-0.3, -0.25) is 11.3 Å². The molecule has 0 fully saturated rings. The van der Waals surface area contributed by atoms with Gasteiger partial charge in [0.05, 0.1) is 0 Å². The van der Waals surface area contributed by atoms with E-state index in [1.165, 1.54) is 12.1 Å². The number of nitrogens with two attached hydrogens (primary N) is 1. The van der Waals surface area contributed by atoms with Crippen molar-refractivity contribution in [1.82, 2.24) is 5.43 Å². The van der Waals surface area contributed by atoms with E-state index in [4.69, 9.17) is 5.84 Å². The molecule has 3 N–H and O–H groups in total. The molecule has 0 aromatic heterocycles. The Kier molecular flexibility index (Phi) is 2.57. The first-order chi connectivity index (χ1) is 5.24. The molecule has 0 heterocycles. The van der Waals surface area contributed by atoms with Crippen LogP contribution >= 0.6 is 0 Å². The summed E-state index contributed by atoms with van der Waals surface area (Å²) >= 11 is 0. The highest BCUT2D eigenvalue weighted by atomic mass is 19.1. The number of hydrogen-bond donors (Lipinski definition) is 2. The van der Waals surface area contributed by atoms with E-state index in [-0.39, 0.29) is 11.9 Å². The van der Waals surface area contributed by atoms with Gasteiger partial charge in [0.1, 0.15) is 5.82 Å². The summed E-state index contributed by atoms with van der Waals surface area (Å²) in [5, 5.41) is 0. The van der Waals surface area contributed by atoms with Crippen molar-refractivity contribution in [2.24, 2.45) is 5.84 Å². The summed E-state index contributed by atoms with van der Waals surface area (Å²) in [5.41, 5.74) is 3.40. The second kappa shape index (κ2) is 3.46. The summed E-state index contributed by atoms with van der Waals surface area (Å²) in [6, 6.07) is 6.36. The molecular weight excluding hydrogens is 143 g/mol. The first kappa shape index (κ1) is 8.17. The fourth-order valence-electron chi connectivity index (χ4n) is 0.872. The van der Waals surface area contributed by atoms with Crippen LogP contribution in [0, 0.1) is 5.82 Å². The predicted octanol–water partition coefficient (Wildman–Crippen LogP) is 1.35. The van der Waals surface area contributed by atoms with Crippen molar-refractivity contribution >= 4 is 0 Å². The minimum Gasteiger partial charge on any atom is -0.271 e. The Balaban J connectivity index is 2.86. The molecule has 0 aliphatic rings. The lowest BCUT2D eigenvalue weighted by atomic mass is 10.1. The van der Waals surface area contributed by atoms with E-state index in [0.29, 0.717) is 0 Å². The van der Waals surface area contributed by atoms with Crippen molar-refractivity contribution in [3.63, 3.8) is 0 Å². The number of rotatable bonds is 2. The summed E-state index contributed by atoms with van der Waals surface area (Å²) in [7, 11) is 0. The smallest absolute Gasteiger partial charge is 0.123 e. The topological polar surface area (TPSA) is 38.0 Å². The van der Waals surface area contributed by atoms with E-state index in [0.717, 1.165) is 5.56 Å². The van der Waals surface area contributed by atoms with Crippen LogP contribution in [-0.4, -0.2) is 0 Å². The standard InChI is InChI=1S/C8H11FN2/c1-6(11-10)7-3-2-4-8(9)5-7/h2-6,11H,10H2,1H3. The van der Waals surface area contributed by atoms with E-state index < -0.39 is 0 Å². The summed E-state index contributed by atoms with van der Waals surface area (Å²) in [5.74, 6) is 4.95. The average Bonchev–Trinajstić information content (AvgIpc) is 2.03. The summed E-state index contributed by atoms with van der Waals surface area (Å²) in [6.45, 7) is 1.87. The molecule has 0 saturated heterocycles. The van der Waals surface area contributed by atoms with Crippen LogP contribution in [-0.2, 0) is 0 Å². The molecule has 3 heteroatoms. The van der Waals surface area contributed by atoms with Crippen LogP contribution in [0.2, 0.25) is 0 Å². The second-order valence-corrected chi connectivity index (χ2v) is 2.44. The minimum absolute atomic E-state index is 0.00861. The van der Waals surface area contributed by atoms with Crippen molar-refractivity contribution in [3.05, 3.63) is 35.6 Å². The van der Waals surface area contributed by atoms with Crippen LogP contribution in [0.25, 0.3) is 0 Å². The zero-order valence-electron chi connectivity index (χ0n) is 6.34. The van der Waals surface area contributed by atoms with Crippen LogP contribution in [0.5, 0.6) is 0 Å². The van der Waals surface area contributed by atoms with Gasteiger partial charge in [0.15, 0.2) is 0 Å². The third-order valence-corrected chi connectivity index (χ3v) is 1.60. The molecule has 0 amide bonds. The lowest BCUT2D eigenvalue weighted by Gasteiger charge is -2.09. The average molecular weight is 154 g/mol. The Morgan fingerprint density at radius 2 is 2.27 bits per heavy atom. The Labute approximate surface area is 65.2 Å². The zero-order valence-corrected chi connectivity index (χ0v) is 6.34. The molecule has 0 aliphatic carbocycles. The van der Waals surface area contributed by atoms with Crippen LogP contribution in [0.1, 0.15) is 18.5 Å². The maximum atomic E-state index is 12.6. The van der Waals surface area contributed by atoms with Crippen molar-refractivity contribution in [2.45, 2.75) is 13.0 Å². The third kappa shape index (κ3) is 2.00. The molecule has 11 heavy (non-hydrogen) atoms. The molecule has 1 rings (SSSR count). The van der Waals surface area contributed by atoms with Gasteiger partial charge in [-0.25, -0.2) is 4.39 Å². The van der Waals surface area contributed by atoms with Crippen molar-refractivity contribution in [1.29, 1.82) is 0 Å². The number of hydrogen-bond acceptors (Lipinski definition) is 2. The Bertz CT molecular complexity index is 237. The number of benzene rings is 1. The maximum Gasteiger partial charge on any atom is 0.123 e. The lowest BCUT2D eigenvalue weighted by Crippen LogP contribution is -2.25. The SMILES string of the molecule is CC(NN)c1cccc(F)c1. The fourth-order valence-corrected chi connectivity index (χ4v) is 0.872. The lowest BCUT2D eigenvalue weighted by molar-refractivity contribution is 0.585. The van der Waals surface area contributed by atoms with E-state index >= 15 is 0 Å². The predicted molar refractivity (Wildman–Crippen MR) is 42.1 cm³/mol. The van der Waals surface area contributed by atoms with Gasteiger partial charge in [0.25, 0.3) is 0 Å². The molecular formula is C8H11FN2. The van der Waals surface area contributed by atoms with Gasteiger partial charge in [0.2, 0.25) is 0 Å². The van der Waals surface area contributed by atoms with E-state index in [9.17, 15) is 4.39 Å². The van der Waals surface area contributed by atoms with Gasteiger partial charge >= 0.3 is 0 Å². The quantitative estimate of drug-likeness (QED) is 0.498. The molecule has 0 aliphatic heterocycles. The molecule has 2 nitrogen and oxygen atoms in total. The van der Waals surface area contributed by atoms with Crippen molar-refractivity contribution in [3.8, 4) is 0 Å². The van der Waals surface area contributed by atoms with E-state index in [2.05, 4.69) is 5.43 Å². The fraction of sp³-hybridized carbons (Fsp3) is 0.250. The molecule has 0 bridgehead atoms. The van der Waals surface area contributed by atoms with E-state index in [1.54, 1.807) is 6.07 Å². The van der Waals surface area contributed by atoms with Crippen molar-refractivity contribution in [2.75, 3.05) is 0 Å². The monoisotopic (exact) mass is 154 g/mol. The van der Waals surface area contributed by atoms with Gasteiger partial charge in [-0.05, 0) is 24.6 Å². The first-order valence-corrected chi connectivity index (χ1v) is 3.45. The van der Waals surface area contributed by atoms with E-state index in [1.807, 2.05) is 13.0 Å². The minimum atomic E-state index is -0.232. The summed E-state index contributed by atoms with van der Waals surface area (Å²) in [6.07, 6.45) is 0. The molecule has 0 saturated carbocycles. The van der Waals surface area contributed by atoms with Gasteiger partial charge in [-0.15, -0.1) is 0 Å². The number of halogens is 1. The molecule has 1 aromatic rings. The highest BCUT2D eigenvalue weighted by Crippen LogP contribution is 2.11. The molecule has 0 radical (unpaired) electrons. The number of nitrogens with one attached hydrogen (secondary N) is 1. The Morgan fingerprint density at radius 1 is 1.55 bits per heavy atom. The van der Waals surface area contributed by atoms with Crippen LogP contribution in [0.3, 0.4) is 0 Å². The third-order valence-electron chi connectivity index (χ3n) is 1.60. The molecule has 0 spiro atoms. The van der Waals surface area contributed by atoms with Crippen LogP contribution in [0.4, 0.5) is 4.39 Å². The van der Waals surface area contributed by atoms with Gasteiger partial charge in [0, 0.05) is 6.04 Å². The summed E-state index contributed by atoms with van der Waals surface area (Å²) < 4.78 is 12.6.